The SMILES string of the molecule is C=C(C)c1ccc(CCCc2ccc(C(=C)c3ccccc3)cc2)cc1. The Kier molecular flexibility index (Phi) is 5.86. The minimum atomic E-state index is 1.08. The van der Waals surface area contributed by atoms with E-state index in [-0.39, 0.29) is 0 Å². The normalized spacial score (nSPS) is 10.5. The number of hydrogen-bond donors (Lipinski definition) is 0. The maximum absolute atomic E-state index is 4.24. The highest BCUT2D eigenvalue weighted by Gasteiger charge is 2.02. The maximum atomic E-state index is 4.24. The van der Waals surface area contributed by atoms with Crippen molar-refractivity contribution in [3.05, 3.63) is 120 Å². The highest BCUT2D eigenvalue weighted by Crippen LogP contribution is 2.22. The van der Waals surface area contributed by atoms with Gasteiger partial charge in [-0.05, 0) is 59.6 Å². The van der Waals surface area contributed by atoms with Gasteiger partial charge >= 0.3 is 0 Å². The lowest BCUT2D eigenvalue weighted by Crippen LogP contribution is -1.92. The summed E-state index contributed by atoms with van der Waals surface area (Å²) >= 11 is 0. The van der Waals surface area contributed by atoms with Crippen molar-refractivity contribution in [3.8, 4) is 0 Å². The van der Waals surface area contributed by atoms with Crippen LogP contribution >= 0.6 is 0 Å². The minimum absolute atomic E-state index is 1.08. The molecule has 3 aromatic carbocycles. The van der Waals surface area contributed by atoms with Gasteiger partial charge in [-0.3, -0.25) is 0 Å². The molecule has 3 rings (SSSR count). The average molecular weight is 338 g/mol. The second-order valence-corrected chi connectivity index (χ2v) is 6.87. The van der Waals surface area contributed by atoms with E-state index in [2.05, 4.69) is 86.0 Å². The molecule has 0 fully saturated rings. The zero-order chi connectivity index (χ0) is 18.4. The quantitative estimate of drug-likeness (QED) is 0.437. The number of allylic oxidation sites excluding steroid dienone is 1. The van der Waals surface area contributed by atoms with Gasteiger partial charge in [0.1, 0.15) is 0 Å². The van der Waals surface area contributed by atoms with Gasteiger partial charge in [0, 0.05) is 0 Å². The molecule has 0 nitrogen and oxygen atoms in total. The Bertz CT molecular complexity index is 866. The lowest BCUT2D eigenvalue weighted by atomic mass is 9.97. The molecule has 0 spiro atoms. The first-order chi connectivity index (χ1) is 12.6. The second-order valence-electron chi connectivity index (χ2n) is 6.87. The third kappa shape index (κ3) is 4.61. The molecular formula is C26H26. The Morgan fingerprint density at radius 3 is 1.58 bits per heavy atom. The summed E-state index contributed by atoms with van der Waals surface area (Å²) in [4.78, 5) is 0. The molecule has 0 N–H and O–H groups in total. The van der Waals surface area contributed by atoms with E-state index in [1.807, 2.05) is 13.0 Å². The number of benzene rings is 3. The van der Waals surface area contributed by atoms with Crippen molar-refractivity contribution in [1.29, 1.82) is 0 Å². The minimum Gasteiger partial charge on any atom is -0.0955 e. The summed E-state index contributed by atoms with van der Waals surface area (Å²) in [6.45, 7) is 10.3. The first-order valence-corrected chi connectivity index (χ1v) is 9.22. The smallest absolute Gasteiger partial charge is 0.0183 e. The van der Waals surface area contributed by atoms with Gasteiger partial charge in [0.2, 0.25) is 0 Å². The van der Waals surface area contributed by atoms with E-state index in [1.165, 1.54) is 27.8 Å². The molecule has 0 saturated carbocycles. The van der Waals surface area contributed by atoms with Crippen molar-refractivity contribution in [2.24, 2.45) is 0 Å². The Balaban J connectivity index is 1.54. The van der Waals surface area contributed by atoms with Crippen LogP contribution in [0.3, 0.4) is 0 Å². The van der Waals surface area contributed by atoms with Crippen molar-refractivity contribution in [3.63, 3.8) is 0 Å². The Hall–Kier alpha value is -2.86. The van der Waals surface area contributed by atoms with Crippen LogP contribution in [-0.4, -0.2) is 0 Å². The first-order valence-electron chi connectivity index (χ1n) is 9.22. The van der Waals surface area contributed by atoms with Gasteiger partial charge in [-0.15, -0.1) is 0 Å². The third-order valence-electron chi connectivity index (χ3n) is 4.80. The van der Waals surface area contributed by atoms with Gasteiger partial charge in [0.05, 0.1) is 0 Å². The van der Waals surface area contributed by atoms with Crippen molar-refractivity contribution in [2.75, 3.05) is 0 Å². The van der Waals surface area contributed by atoms with Gasteiger partial charge in [0.25, 0.3) is 0 Å². The van der Waals surface area contributed by atoms with Gasteiger partial charge < -0.3 is 0 Å². The van der Waals surface area contributed by atoms with Crippen LogP contribution in [0.5, 0.6) is 0 Å². The van der Waals surface area contributed by atoms with Crippen LogP contribution in [0.25, 0.3) is 11.1 Å². The van der Waals surface area contributed by atoms with Crippen LogP contribution in [-0.2, 0) is 12.8 Å². The molecule has 0 aliphatic rings. The maximum Gasteiger partial charge on any atom is -0.0183 e. The van der Waals surface area contributed by atoms with E-state index in [4.69, 9.17) is 0 Å². The second kappa shape index (κ2) is 8.49. The topological polar surface area (TPSA) is 0 Å². The van der Waals surface area contributed by atoms with E-state index in [0.717, 1.165) is 30.4 Å². The number of hydrogen-bond acceptors (Lipinski definition) is 0. The first kappa shape index (κ1) is 17.9. The molecule has 0 atom stereocenters. The zero-order valence-corrected chi connectivity index (χ0v) is 15.5. The summed E-state index contributed by atoms with van der Waals surface area (Å²) in [5, 5.41) is 0. The van der Waals surface area contributed by atoms with Crippen molar-refractivity contribution in [2.45, 2.75) is 26.2 Å². The highest BCUT2D eigenvalue weighted by molar-refractivity contribution is 5.77. The lowest BCUT2D eigenvalue weighted by Gasteiger charge is -2.08. The molecule has 0 unspecified atom stereocenters. The molecular weight excluding hydrogens is 312 g/mol. The molecule has 26 heavy (non-hydrogen) atoms. The molecule has 0 aliphatic heterocycles. The molecule has 0 heterocycles. The Morgan fingerprint density at radius 1 is 0.615 bits per heavy atom. The summed E-state index contributed by atoms with van der Waals surface area (Å²) in [6.07, 6.45) is 3.36. The molecule has 0 radical (unpaired) electrons. The van der Waals surface area contributed by atoms with Gasteiger partial charge in [-0.2, -0.15) is 0 Å². The molecule has 0 aromatic heterocycles. The van der Waals surface area contributed by atoms with Crippen LogP contribution in [0.1, 0.15) is 41.2 Å². The molecule has 130 valence electrons. The van der Waals surface area contributed by atoms with Crippen LogP contribution in [0.4, 0.5) is 0 Å². The summed E-state index contributed by atoms with van der Waals surface area (Å²) in [7, 11) is 0. The molecule has 3 aromatic rings. The lowest BCUT2D eigenvalue weighted by molar-refractivity contribution is 0.820. The summed E-state index contributed by atoms with van der Waals surface area (Å²) in [5.74, 6) is 0. The van der Waals surface area contributed by atoms with E-state index in [1.54, 1.807) is 0 Å². The van der Waals surface area contributed by atoms with E-state index in [9.17, 15) is 0 Å². The van der Waals surface area contributed by atoms with Crippen molar-refractivity contribution in [1.82, 2.24) is 0 Å². The molecule has 0 aliphatic carbocycles. The molecule has 0 amide bonds. The van der Waals surface area contributed by atoms with Crippen LogP contribution in [0.15, 0.2) is 92.0 Å². The summed E-state index contributed by atoms with van der Waals surface area (Å²) in [6, 6.07) is 28.0. The van der Waals surface area contributed by atoms with Gasteiger partial charge in [0.15, 0.2) is 0 Å². The Labute approximate surface area is 157 Å². The van der Waals surface area contributed by atoms with Crippen molar-refractivity contribution >= 4 is 11.1 Å². The molecule has 0 saturated heterocycles. The van der Waals surface area contributed by atoms with Gasteiger partial charge in [-0.1, -0.05) is 97.6 Å². The van der Waals surface area contributed by atoms with Crippen molar-refractivity contribution < 1.29 is 0 Å². The predicted molar refractivity (Wildman–Crippen MR) is 114 cm³/mol. The fourth-order valence-electron chi connectivity index (χ4n) is 3.13. The van der Waals surface area contributed by atoms with Gasteiger partial charge in [-0.25, -0.2) is 0 Å². The fraction of sp³-hybridized carbons (Fsp3) is 0.154. The summed E-state index contributed by atoms with van der Waals surface area (Å²) < 4.78 is 0. The fourth-order valence-corrected chi connectivity index (χ4v) is 3.13. The largest absolute Gasteiger partial charge is 0.0955 e. The number of rotatable bonds is 7. The van der Waals surface area contributed by atoms with Crippen LogP contribution in [0.2, 0.25) is 0 Å². The molecule has 0 heteroatoms. The predicted octanol–water partition coefficient (Wildman–Crippen LogP) is 6.96. The standard InChI is InChI=1S/C26H26/c1-20(2)24-16-12-22(13-17-24)8-7-9-23-14-18-26(19-15-23)21(3)25-10-5-4-6-11-25/h4-6,10-19H,1,3,7-9H2,2H3. The average Bonchev–Trinajstić information content (AvgIpc) is 2.69. The van der Waals surface area contributed by atoms with Crippen LogP contribution < -0.4 is 0 Å². The highest BCUT2D eigenvalue weighted by atomic mass is 14.1. The van der Waals surface area contributed by atoms with E-state index in [0.29, 0.717) is 0 Å². The summed E-state index contributed by atoms with van der Waals surface area (Å²) in [5.41, 5.74) is 8.57. The third-order valence-corrected chi connectivity index (χ3v) is 4.80. The van der Waals surface area contributed by atoms with Crippen LogP contribution in [0, 0.1) is 0 Å². The van der Waals surface area contributed by atoms with E-state index >= 15 is 0 Å². The zero-order valence-electron chi connectivity index (χ0n) is 15.5. The van der Waals surface area contributed by atoms with E-state index < -0.39 is 0 Å². The Morgan fingerprint density at radius 2 is 1.08 bits per heavy atom. The monoisotopic (exact) mass is 338 g/mol. The number of aryl methyl sites for hydroxylation is 2. The molecule has 0 bridgehead atoms.